The van der Waals surface area contributed by atoms with E-state index in [1.807, 2.05) is 18.2 Å². The fourth-order valence-corrected chi connectivity index (χ4v) is 2.14. The summed E-state index contributed by atoms with van der Waals surface area (Å²) >= 11 is 3.49. The van der Waals surface area contributed by atoms with E-state index in [1.165, 1.54) is 0 Å². The van der Waals surface area contributed by atoms with Gasteiger partial charge in [0.25, 0.3) is 0 Å². The van der Waals surface area contributed by atoms with E-state index in [0.717, 1.165) is 23.9 Å². The van der Waals surface area contributed by atoms with Gasteiger partial charge >= 0.3 is 0 Å². The summed E-state index contributed by atoms with van der Waals surface area (Å²) in [6.07, 6.45) is 2.31. The fraction of sp³-hybridized carbons (Fsp3) is 0.500. The lowest BCUT2D eigenvalue weighted by molar-refractivity contribution is 0.101. The molecule has 0 radical (unpaired) electrons. The van der Waals surface area contributed by atoms with Crippen LogP contribution >= 0.6 is 15.9 Å². The summed E-state index contributed by atoms with van der Waals surface area (Å²) in [5.74, 6) is 1.38. The Morgan fingerprint density at radius 1 is 1.47 bits per heavy atom. The van der Waals surface area contributed by atoms with Crippen LogP contribution in [-0.4, -0.2) is 17.7 Å². The standard InChI is InChI=1S/C14H19BrO2/c1-3-5-12(9-15)10-17-14-7-4-6-13(8-14)11(2)16/h4,6-8,12H,3,5,9-10H2,1-2H3. The van der Waals surface area contributed by atoms with Crippen molar-refractivity contribution in [1.82, 2.24) is 0 Å². The zero-order valence-electron chi connectivity index (χ0n) is 10.4. The zero-order chi connectivity index (χ0) is 12.7. The van der Waals surface area contributed by atoms with Crippen molar-refractivity contribution in [2.45, 2.75) is 26.7 Å². The van der Waals surface area contributed by atoms with E-state index < -0.39 is 0 Å². The minimum Gasteiger partial charge on any atom is -0.493 e. The maximum absolute atomic E-state index is 11.2. The maximum Gasteiger partial charge on any atom is 0.159 e. The van der Waals surface area contributed by atoms with Crippen LogP contribution in [0.1, 0.15) is 37.0 Å². The average Bonchev–Trinajstić information content (AvgIpc) is 2.34. The van der Waals surface area contributed by atoms with Crippen molar-refractivity contribution >= 4 is 21.7 Å². The van der Waals surface area contributed by atoms with Crippen LogP contribution in [0.3, 0.4) is 0 Å². The van der Waals surface area contributed by atoms with Crippen LogP contribution in [0.5, 0.6) is 5.75 Å². The second-order valence-electron chi connectivity index (χ2n) is 4.20. The van der Waals surface area contributed by atoms with Gasteiger partial charge in [-0.15, -0.1) is 0 Å². The number of benzene rings is 1. The normalized spacial score (nSPS) is 12.2. The lowest BCUT2D eigenvalue weighted by Crippen LogP contribution is -2.13. The number of carbonyl (C=O) groups excluding carboxylic acids is 1. The molecule has 2 nitrogen and oxygen atoms in total. The van der Waals surface area contributed by atoms with Gasteiger partial charge in [-0.05, 0) is 25.5 Å². The van der Waals surface area contributed by atoms with Crippen LogP contribution in [0.25, 0.3) is 0 Å². The molecule has 1 unspecified atom stereocenters. The van der Waals surface area contributed by atoms with Gasteiger partial charge in [-0.2, -0.15) is 0 Å². The Kier molecular flexibility index (Phi) is 6.27. The zero-order valence-corrected chi connectivity index (χ0v) is 12.0. The topological polar surface area (TPSA) is 26.3 Å². The van der Waals surface area contributed by atoms with Gasteiger partial charge < -0.3 is 4.74 Å². The molecule has 0 aliphatic carbocycles. The number of alkyl halides is 1. The van der Waals surface area contributed by atoms with Crippen LogP contribution in [0, 0.1) is 5.92 Å². The summed E-state index contributed by atoms with van der Waals surface area (Å²) in [6.45, 7) is 4.43. The SMILES string of the molecule is CCCC(CBr)COc1cccc(C(C)=O)c1. The first-order chi connectivity index (χ1) is 8.17. The number of halogens is 1. The van der Waals surface area contributed by atoms with Gasteiger partial charge in [0.1, 0.15) is 5.75 Å². The molecule has 1 atom stereocenters. The van der Waals surface area contributed by atoms with E-state index >= 15 is 0 Å². The number of ketones is 1. The lowest BCUT2D eigenvalue weighted by atomic mass is 10.1. The average molecular weight is 299 g/mol. The third-order valence-electron chi connectivity index (χ3n) is 2.64. The van der Waals surface area contributed by atoms with Crippen LogP contribution < -0.4 is 4.74 Å². The third-order valence-corrected chi connectivity index (χ3v) is 3.56. The van der Waals surface area contributed by atoms with E-state index in [1.54, 1.807) is 13.0 Å². The van der Waals surface area contributed by atoms with Gasteiger partial charge in [-0.25, -0.2) is 0 Å². The van der Waals surface area contributed by atoms with Crippen molar-refractivity contribution in [2.24, 2.45) is 5.92 Å². The molecule has 1 rings (SSSR count). The van der Waals surface area contributed by atoms with E-state index in [0.29, 0.717) is 18.1 Å². The van der Waals surface area contributed by atoms with E-state index in [9.17, 15) is 4.79 Å². The summed E-state index contributed by atoms with van der Waals surface area (Å²) in [7, 11) is 0. The second kappa shape index (κ2) is 7.49. The molecule has 17 heavy (non-hydrogen) atoms. The second-order valence-corrected chi connectivity index (χ2v) is 4.85. The van der Waals surface area contributed by atoms with Crippen LogP contribution in [0.15, 0.2) is 24.3 Å². The fourth-order valence-electron chi connectivity index (χ4n) is 1.63. The Morgan fingerprint density at radius 2 is 2.24 bits per heavy atom. The minimum absolute atomic E-state index is 0.0704. The molecule has 0 N–H and O–H groups in total. The molecule has 3 heteroatoms. The first-order valence-corrected chi connectivity index (χ1v) is 7.09. The summed E-state index contributed by atoms with van der Waals surface area (Å²) in [5.41, 5.74) is 0.702. The first-order valence-electron chi connectivity index (χ1n) is 5.97. The van der Waals surface area contributed by atoms with Crippen molar-refractivity contribution in [3.63, 3.8) is 0 Å². The Balaban J connectivity index is 2.56. The summed E-state index contributed by atoms with van der Waals surface area (Å²) in [6, 6.07) is 7.36. The molecule has 0 aromatic heterocycles. The predicted molar refractivity (Wildman–Crippen MR) is 74.1 cm³/mol. The summed E-state index contributed by atoms with van der Waals surface area (Å²) < 4.78 is 5.72. The van der Waals surface area contributed by atoms with Crippen molar-refractivity contribution in [3.8, 4) is 5.75 Å². The summed E-state index contributed by atoms with van der Waals surface area (Å²) in [4.78, 5) is 11.2. The monoisotopic (exact) mass is 298 g/mol. The Labute approximate surface area is 111 Å². The van der Waals surface area contributed by atoms with Gasteiger partial charge in [0, 0.05) is 16.8 Å². The number of hydrogen-bond donors (Lipinski definition) is 0. The molecule has 0 heterocycles. The Bertz CT molecular complexity index is 363. The van der Waals surface area contributed by atoms with Crippen molar-refractivity contribution in [2.75, 3.05) is 11.9 Å². The molecule has 0 aliphatic rings. The van der Waals surface area contributed by atoms with Crippen molar-refractivity contribution in [1.29, 1.82) is 0 Å². The molecule has 0 bridgehead atoms. The number of carbonyl (C=O) groups is 1. The number of hydrogen-bond acceptors (Lipinski definition) is 2. The highest BCUT2D eigenvalue weighted by Gasteiger charge is 2.07. The van der Waals surface area contributed by atoms with E-state index in [-0.39, 0.29) is 5.78 Å². The predicted octanol–water partition coefficient (Wildman–Crippen LogP) is 4.08. The van der Waals surface area contributed by atoms with Crippen molar-refractivity contribution < 1.29 is 9.53 Å². The van der Waals surface area contributed by atoms with Gasteiger partial charge in [0.05, 0.1) is 6.61 Å². The third kappa shape index (κ3) is 4.90. The quantitative estimate of drug-likeness (QED) is 0.560. The molecule has 0 saturated carbocycles. The first kappa shape index (κ1) is 14.2. The van der Waals surface area contributed by atoms with Gasteiger partial charge in [-0.1, -0.05) is 41.4 Å². The molecular weight excluding hydrogens is 280 g/mol. The molecule has 0 amide bonds. The van der Waals surface area contributed by atoms with Crippen LogP contribution in [0.4, 0.5) is 0 Å². The highest BCUT2D eigenvalue weighted by atomic mass is 79.9. The van der Waals surface area contributed by atoms with Gasteiger partial charge in [0.15, 0.2) is 5.78 Å². The van der Waals surface area contributed by atoms with Crippen molar-refractivity contribution in [3.05, 3.63) is 29.8 Å². The molecule has 1 aromatic rings. The smallest absolute Gasteiger partial charge is 0.159 e. The largest absolute Gasteiger partial charge is 0.493 e. The maximum atomic E-state index is 11.2. The van der Waals surface area contributed by atoms with Crippen LogP contribution in [-0.2, 0) is 0 Å². The van der Waals surface area contributed by atoms with E-state index in [4.69, 9.17) is 4.74 Å². The highest BCUT2D eigenvalue weighted by Crippen LogP contribution is 2.17. The minimum atomic E-state index is 0.0704. The molecule has 1 aromatic carbocycles. The molecule has 94 valence electrons. The van der Waals surface area contributed by atoms with Gasteiger partial charge in [-0.3, -0.25) is 4.79 Å². The van der Waals surface area contributed by atoms with Crippen LogP contribution in [0.2, 0.25) is 0 Å². The number of Topliss-reactive ketones (excluding diaryl/α,β-unsaturated/α-hetero) is 1. The highest BCUT2D eigenvalue weighted by molar-refractivity contribution is 9.09. The van der Waals surface area contributed by atoms with Gasteiger partial charge in [0.2, 0.25) is 0 Å². The Hall–Kier alpha value is -0.830. The lowest BCUT2D eigenvalue weighted by Gasteiger charge is -2.14. The molecule has 0 saturated heterocycles. The molecule has 0 spiro atoms. The Morgan fingerprint density at radius 3 is 2.82 bits per heavy atom. The summed E-state index contributed by atoms with van der Waals surface area (Å²) in [5, 5.41) is 0.952. The molecule has 0 fully saturated rings. The van der Waals surface area contributed by atoms with E-state index in [2.05, 4.69) is 22.9 Å². The molecule has 0 aliphatic heterocycles. The molecular formula is C14H19BrO2. The number of ether oxygens (including phenoxy) is 1. The number of rotatable bonds is 7.